The maximum Gasteiger partial charge on any atom is 0.295 e. The number of hydrogen-bond donors (Lipinski definition) is 1. The molecule has 0 aromatic heterocycles. The lowest BCUT2D eigenvalue weighted by Gasteiger charge is -2.26. The number of benzene rings is 2. The first-order chi connectivity index (χ1) is 15.2. The van der Waals surface area contributed by atoms with Crippen LogP contribution in [0.4, 0.5) is 5.69 Å². The molecule has 1 heterocycles. The Bertz CT molecular complexity index is 1060. The highest BCUT2D eigenvalue weighted by atomic mass is 16.6. The normalized spacial score (nSPS) is 17.8. The third-order valence-corrected chi connectivity index (χ3v) is 5.16. The summed E-state index contributed by atoms with van der Waals surface area (Å²) in [6.07, 6.45) is 0. The number of nitro groups is 1. The fourth-order valence-corrected chi connectivity index (χ4v) is 3.60. The Morgan fingerprint density at radius 2 is 1.88 bits per heavy atom. The molecule has 1 atom stereocenters. The number of nitro benzene ring substituents is 1. The molecule has 9 heteroatoms. The third kappa shape index (κ3) is 4.62. The summed E-state index contributed by atoms with van der Waals surface area (Å²) in [5.74, 6) is -1.30. The quantitative estimate of drug-likeness (QED) is 0.221. The van der Waals surface area contributed by atoms with Crippen molar-refractivity contribution in [2.24, 2.45) is 0 Å². The fraction of sp³-hybridized carbons (Fsp3) is 0.304. The minimum absolute atomic E-state index is 0.0590. The highest BCUT2D eigenvalue weighted by molar-refractivity contribution is 6.46. The molecule has 168 valence electrons. The number of amides is 1. The van der Waals surface area contributed by atoms with Crippen molar-refractivity contribution < 1.29 is 24.4 Å². The Morgan fingerprint density at radius 1 is 1.19 bits per heavy atom. The molecule has 0 bridgehead atoms. The second-order valence-electron chi connectivity index (χ2n) is 7.61. The SMILES string of the molecule is CCOc1cccc(C2/C(=C(\O)c3ccc([N+](=O)[O-])cc3)C(=O)C(=O)N2CCN(C)C)c1. The number of hydrogen-bond acceptors (Lipinski definition) is 7. The minimum Gasteiger partial charge on any atom is -0.507 e. The van der Waals surface area contributed by atoms with Crippen LogP contribution in [0.5, 0.6) is 5.75 Å². The molecule has 1 N–H and O–H groups in total. The van der Waals surface area contributed by atoms with Crippen molar-refractivity contribution in [2.75, 3.05) is 33.8 Å². The van der Waals surface area contributed by atoms with Crippen LogP contribution in [-0.2, 0) is 9.59 Å². The molecule has 1 aliphatic heterocycles. The van der Waals surface area contributed by atoms with Gasteiger partial charge in [-0.15, -0.1) is 0 Å². The monoisotopic (exact) mass is 439 g/mol. The molecule has 2 aromatic carbocycles. The number of aliphatic hydroxyl groups is 1. The number of carbonyl (C=O) groups is 2. The molecule has 0 spiro atoms. The molecule has 9 nitrogen and oxygen atoms in total. The summed E-state index contributed by atoms with van der Waals surface area (Å²) in [5, 5.41) is 21.9. The number of Topliss-reactive ketones (excluding diaryl/α,β-unsaturated/α-hetero) is 1. The van der Waals surface area contributed by atoms with Gasteiger partial charge in [0.05, 0.1) is 23.1 Å². The lowest BCUT2D eigenvalue weighted by atomic mass is 9.95. The fourth-order valence-electron chi connectivity index (χ4n) is 3.60. The number of non-ortho nitro benzene ring substituents is 1. The van der Waals surface area contributed by atoms with Crippen molar-refractivity contribution in [3.63, 3.8) is 0 Å². The van der Waals surface area contributed by atoms with Crippen LogP contribution in [0.3, 0.4) is 0 Å². The van der Waals surface area contributed by atoms with Crippen molar-refractivity contribution in [3.05, 3.63) is 75.3 Å². The number of likely N-dealkylation sites (tertiary alicyclic amines) is 1. The third-order valence-electron chi connectivity index (χ3n) is 5.16. The number of carbonyl (C=O) groups excluding carboxylic acids is 2. The van der Waals surface area contributed by atoms with Crippen LogP contribution in [0.25, 0.3) is 5.76 Å². The van der Waals surface area contributed by atoms with Crippen LogP contribution >= 0.6 is 0 Å². The summed E-state index contributed by atoms with van der Waals surface area (Å²) in [7, 11) is 3.72. The van der Waals surface area contributed by atoms with E-state index in [9.17, 15) is 24.8 Å². The summed E-state index contributed by atoms with van der Waals surface area (Å²) < 4.78 is 5.57. The molecule has 2 aromatic rings. The van der Waals surface area contributed by atoms with Gasteiger partial charge >= 0.3 is 0 Å². The van der Waals surface area contributed by atoms with E-state index < -0.39 is 22.7 Å². The van der Waals surface area contributed by atoms with Gasteiger partial charge in [-0.2, -0.15) is 0 Å². The molecule has 1 saturated heterocycles. The van der Waals surface area contributed by atoms with Gasteiger partial charge in [0.25, 0.3) is 17.4 Å². The molecule has 0 aliphatic carbocycles. The van der Waals surface area contributed by atoms with Crippen molar-refractivity contribution >= 4 is 23.1 Å². The topological polar surface area (TPSA) is 113 Å². The van der Waals surface area contributed by atoms with E-state index in [1.54, 1.807) is 24.3 Å². The largest absolute Gasteiger partial charge is 0.507 e. The zero-order chi connectivity index (χ0) is 23.4. The van der Waals surface area contributed by atoms with E-state index in [1.165, 1.54) is 29.2 Å². The molecule has 0 saturated carbocycles. The Balaban J connectivity index is 2.13. The number of likely N-dealkylation sites (N-methyl/N-ethyl adjacent to an activating group) is 1. The van der Waals surface area contributed by atoms with Crippen LogP contribution in [0, 0.1) is 10.1 Å². The summed E-state index contributed by atoms with van der Waals surface area (Å²) in [5.41, 5.74) is 0.634. The Hall–Kier alpha value is -3.72. The second-order valence-corrected chi connectivity index (χ2v) is 7.61. The highest BCUT2D eigenvalue weighted by Gasteiger charge is 2.46. The van der Waals surface area contributed by atoms with Gasteiger partial charge < -0.3 is 19.6 Å². The van der Waals surface area contributed by atoms with Gasteiger partial charge in [0.15, 0.2) is 0 Å². The zero-order valence-corrected chi connectivity index (χ0v) is 18.1. The van der Waals surface area contributed by atoms with E-state index in [4.69, 9.17) is 4.74 Å². The van der Waals surface area contributed by atoms with E-state index >= 15 is 0 Å². The van der Waals surface area contributed by atoms with Gasteiger partial charge in [-0.1, -0.05) is 12.1 Å². The summed E-state index contributed by atoms with van der Waals surface area (Å²) in [4.78, 5) is 39.6. The average Bonchev–Trinajstić information content (AvgIpc) is 3.02. The summed E-state index contributed by atoms with van der Waals surface area (Å²) in [6.45, 7) is 3.10. The molecular formula is C23H25N3O6. The summed E-state index contributed by atoms with van der Waals surface area (Å²) in [6, 6.07) is 11.4. The van der Waals surface area contributed by atoms with Gasteiger partial charge in [-0.3, -0.25) is 19.7 Å². The first-order valence-corrected chi connectivity index (χ1v) is 10.1. The number of nitrogens with zero attached hydrogens (tertiary/aromatic N) is 3. The predicted octanol–water partition coefficient (Wildman–Crippen LogP) is 2.98. The number of rotatable bonds is 8. The maximum atomic E-state index is 13.0. The summed E-state index contributed by atoms with van der Waals surface area (Å²) >= 11 is 0. The Morgan fingerprint density at radius 3 is 2.47 bits per heavy atom. The van der Waals surface area contributed by atoms with E-state index in [0.29, 0.717) is 24.5 Å². The molecular weight excluding hydrogens is 414 g/mol. The molecule has 1 aliphatic rings. The molecule has 0 radical (unpaired) electrons. The standard InChI is InChI=1S/C23H25N3O6/c1-4-32-18-7-5-6-16(14-18)20-19(22(28)23(29)25(20)13-12-24(2)3)21(27)15-8-10-17(11-9-15)26(30)31/h5-11,14,20,27H,4,12-13H2,1-3H3/b21-19+. The predicted molar refractivity (Wildman–Crippen MR) is 118 cm³/mol. The molecule has 1 fully saturated rings. The lowest BCUT2D eigenvalue weighted by Crippen LogP contribution is -2.35. The second kappa shape index (κ2) is 9.61. The molecule has 1 unspecified atom stereocenters. The van der Waals surface area contributed by atoms with E-state index in [2.05, 4.69) is 0 Å². The average molecular weight is 439 g/mol. The first kappa shape index (κ1) is 23.0. The number of ether oxygens (including phenoxy) is 1. The number of ketones is 1. The molecule has 32 heavy (non-hydrogen) atoms. The van der Waals surface area contributed by atoms with Gasteiger partial charge in [-0.05, 0) is 50.8 Å². The van der Waals surface area contributed by atoms with Gasteiger partial charge in [0, 0.05) is 30.8 Å². The zero-order valence-electron chi connectivity index (χ0n) is 18.1. The first-order valence-electron chi connectivity index (χ1n) is 10.1. The molecule has 1 amide bonds. The van der Waals surface area contributed by atoms with E-state index in [0.717, 1.165) is 0 Å². The smallest absolute Gasteiger partial charge is 0.295 e. The van der Waals surface area contributed by atoms with Crippen molar-refractivity contribution in [2.45, 2.75) is 13.0 Å². The van der Waals surface area contributed by atoms with Crippen molar-refractivity contribution in [1.82, 2.24) is 9.80 Å². The van der Waals surface area contributed by atoms with Gasteiger partial charge in [0.2, 0.25) is 0 Å². The Kier molecular flexibility index (Phi) is 6.89. The maximum absolute atomic E-state index is 13.0. The number of aliphatic hydroxyl groups excluding tert-OH is 1. The lowest BCUT2D eigenvalue weighted by molar-refractivity contribution is -0.384. The van der Waals surface area contributed by atoms with Crippen molar-refractivity contribution in [1.29, 1.82) is 0 Å². The van der Waals surface area contributed by atoms with Crippen LogP contribution in [0.2, 0.25) is 0 Å². The van der Waals surface area contributed by atoms with E-state index in [1.807, 2.05) is 25.9 Å². The minimum atomic E-state index is -0.814. The van der Waals surface area contributed by atoms with Crippen LogP contribution < -0.4 is 4.74 Å². The highest BCUT2D eigenvalue weighted by Crippen LogP contribution is 2.40. The Labute approximate surface area is 185 Å². The van der Waals surface area contributed by atoms with Crippen LogP contribution in [0.1, 0.15) is 24.1 Å². The van der Waals surface area contributed by atoms with Gasteiger partial charge in [-0.25, -0.2) is 0 Å². The van der Waals surface area contributed by atoms with Crippen molar-refractivity contribution in [3.8, 4) is 5.75 Å². The van der Waals surface area contributed by atoms with E-state index in [-0.39, 0.29) is 29.1 Å². The van der Waals surface area contributed by atoms with Crippen LogP contribution in [-0.4, -0.2) is 65.3 Å². The molecule has 3 rings (SSSR count). The van der Waals surface area contributed by atoms with Crippen LogP contribution in [0.15, 0.2) is 54.1 Å². The van der Waals surface area contributed by atoms with Gasteiger partial charge in [0.1, 0.15) is 11.5 Å².